The third-order valence-corrected chi connectivity index (χ3v) is 4.48. The van der Waals surface area contributed by atoms with E-state index in [2.05, 4.69) is 26.5 Å². The zero-order chi connectivity index (χ0) is 19.8. The van der Waals surface area contributed by atoms with Crippen molar-refractivity contribution >= 4 is 28.1 Å². The Labute approximate surface area is 171 Å². The van der Waals surface area contributed by atoms with E-state index in [4.69, 9.17) is 4.74 Å². The number of carbonyl (C=O) groups excluding carboxylic acids is 1. The summed E-state index contributed by atoms with van der Waals surface area (Å²) in [6.07, 6.45) is 0.251. The smallest absolute Gasteiger partial charge is 0.273 e. The number of benzene rings is 3. The predicted octanol–water partition coefficient (Wildman–Crippen LogP) is 4.21. The standard InChI is InChI=1S/C22H19BrN2O3/c23-19-10-6-17(7-11-19)15-28-20-12-8-16(9-13-20)14-24-25-22(27)21(26)18-4-2-1-3-5-18/h1-14,21,26H,15H2,(H,25,27)/b24-14-/t21-/m0/s1. The molecule has 3 aromatic rings. The van der Waals surface area contributed by atoms with Crippen LogP contribution < -0.4 is 10.2 Å². The van der Waals surface area contributed by atoms with Crippen molar-refractivity contribution in [3.8, 4) is 5.75 Å². The van der Waals surface area contributed by atoms with E-state index in [1.165, 1.54) is 6.21 Å². The number of hydrazone groups is 1. The van der Waals surface area contributed by atoms with Crippen LogP contribution in [-0.4, -0.2) is 17.2 Å². The summed E-state index contributed by atoms with van der Waals surface area (Å²) in [7, 11) is 0. The van der Waals surface area contributed by atoms with E-state index in [9.17, 15) is 9.90 Å². The highest BCUT2D eigenvalue weighted by molar-refractivity contribution is 9.10. The minimum Gasteiger partial charge on any atom is -0.489 e. The number of halogens is 1. The van der Waals surface area contributed by atoms with Gasteiger partial charge in [0.05, 0.1) is 6.21 Å². The highest BCUT2D eigenvalue weighted by Crippen LogP contribution is 2.16. The molecule has 0 aromatic heterocycles. The van der Waals surface area contributed by atoms with Crippen molar-refractivity contribution in [2.45, 2.75) is 12.7 Å². The summed E-state index contributed by atoms with van der Waals surface area (Å²) >= 11 is 3.41. The van der Waals surface area contributed by atoms with E-state index in [-0.39, 0.29) is 0 Å². The Balaban J connectivity index is 1.49. The van der Waals surface area contributed by atoms with E-state index < -0.39 is 12.0 Å². The Hall–Kier alpha value is -2.96. The molecule has 0 radical (unpaired) electrons. The first-order valence-corrected chi connectivity index (χ1v) is 9.44. The van der Waals surface area contributed by atoms with Crippen LogP contribution in [0.25, 0.3) is 0 Å². The lowest BCUT2D eigenvalue weighted by Gasteiger charge is -2.08. The number of ether oxygens (including phenoxy) is 1. The maximum absolute atomic E-state index is 11.9. The minimum absolute atomic E-state index is 0.480. The van der Waals surface area contributed by atoms with Crippen LogP contribution in [0, 0.1) is 0 Å². The number of hydrogen-bond donors (Lipinski definition) is 2. The first-order chi connectivity index (χ1) is 13.6. The second kappa shape index (κ2) is 9.82. The zero-order valence-electron chi connectivity index (χ0n) is 15.0. The van der Waals surface area contributed by atoms with Gasteiger partial charge in [-0.25, -0.2) is 5.43 Å². The third kappa shape index (κ3) is 5.77. The maximum Gasteiger partial charge on any atom is 0.273 e. The molecule has 0 fully saturated rings. The first-order valence-electron chi connectivity index (χ1n) is 8.65. The van der Waals surface area contributed by atoms with Crippen molar-refractivity contribution in [3.63, 3.8) is 0 Å². The number of nitrogens with zero attached hydrogens (tertiary/aromatic N) is 1. The predicted molar refractivity (Wildman–Crippen MR) is 112 cm³/mol. The van der Waals surface area contributed by atoms with Crippen molar-refractivity contribution in [1.82, 2.24) is 5.43 Å². The molecule has 0 unspecified atom stereocenters. The molecule has 1 atom stereocenters. The monoisotopic (exact) mass is 438 g/mol. The van der Waals surface area contributed by atoms with Crippen molar-refractivity contribution in [2.75, 3.05) is 0 Å². The van der Waals surface area contributed by atoms with Crippen molar-refractivity contribution in [2.24, 2.45) is 5.10 Å². The van der Waals surface area contributed by atoms with Gasteiger partial charge >= 0.3 is 0 Å². The molecular formula is C22H19BrN2O3. The molecule has 3 aromatic carbocycles. The average Bonchev–Trinajstić information content (AvgIpc) is 2.74. The Kier molecular flexibility index (Phi) is 6.94. The number of aliphatic hydroxyl groups is 1. The van der Waals surface area contributed by atoms with Gasteiger partial charge in [0.2, 0.25) is 0 Å². The fourth-order valence-corrected chi connectivity index (χ4v) is 2.68. The van der Waals surface area contributed by atoms with Crippen LogP contribution in [0.5, 0.6) is 5.75 Å². The number of rotatable bonds is 7. The third-order valence-electron chi connectivity index (χ3n) is 3.95. The van der Waals surface area contributed by atoms with Crippen LogP contribution in [0.3, 0.4) is 0 Å². The van der Waals surface area contributed by atoms with Gasteiger partial charge in [0, 0.05) is 4.47 Å². The van der Waals surface area contributed by atoms with Crippen LogP contribution in [0.2, 0.25) is 0 Å². The van der Waals surface area contributed by atoms with Crippen LogP contribution in [-0.2, 0) is 11.4 Å². The molecule has 6 heteroatoms. The molecule has 28 heavy (non-hydrogen) atoms. The van der Waals surface area contributed by atoms with E-state index in [0.717, 1.165) is 21.3 Å². The van der Waals surface area contributed by atoms with Crippen LogP contribution in [0.15, 0.2) is 88.4 Å². The van der Waals surface area contributed by atoms with Gasteiger partial charge in [0.15, 0.2) is 6.10 Å². The number of amides is 1. The van der Waals surface area contributed by atoms with E-state index >= 15 is 0 Å². The molecule has 142 valence electrons. The minimum atomic E-state index is -1.26. The molecule has 0 heterocycles. The Morgan fingerprint density at radius 1 is 1.04 bits per heavy atom. The van der Waals surface area contributed by atoms with E-state index in [1.807, 2.05) is 54.6 Å². The Bertz CT molecular complexity index is 926. The largest absolute Gasteiger partial charge is 0.489 e. The molecule has 3 rings (SSSR count). The topological polar surface area (TPSA) is 70.9 Å². The molecular weight excluding hydrogens is 420 g/mol. The molecule has 0 aliphatic rings. The number of nitrogens with one attached hydrogen (secondary N) is 1. The van der Waals surface area contributed by atoms with E-state index in [0.29, 0.717) is 12.2 Å². The summed E-state index contributed by atoms with van der Waals surface area (Å²) in [5.41, 5.74) is 4.73. The molecule has 2 N–H and O–H groups in total. The van der Waals surface area contributed by atoms with Crippen LogP contribution in [0.1, 0.15) is 22.8 Å². The van der Waals surface area contributed by atoms with Gasteiger partial charge < -0.3 is 9.84 Å². The van der Waals surface area contributed by atoms with Crippen molar-refractivity contribution in [3.05, 3.63) is 100 Å². The highest BCUT2D eigenvalue weighted by atomic mass is 79.9. The quantitative estimate of drug-likeness (QED) is 0.428. The molecule has 0 bridgehead atoms. The second-order valence-electron chi connectivity index (χ2n) is 6.03. The summed E-state index contributed by atoms with van der Waals surface area (Å²) in [4.78, 5) is 11.9. The summed E-state index contributed by atoms with van der Waals surface area (Å²) in [5.74, 6) is 0.153. The second-order valence-corrected chi connectivity index (χ2v) is 6.95. The van der Waals surface area contributed by atoms with Crippen LogP contribution >= 0.6 is 15.9 Å². The average molecular weight is 439 g/mol. The number of aliphatic hydroxyl groups excluding tert-OH is 1. The fraction of sp³-hybridized carbons (Fsp3) is 0.0909. The molecule has 0 spiro atoms. The summed E-state index contributed by atoms with van der Waals surface area (Å²) in [6, 6.07) is 24.0. The summed E-state index contributed by atoms with van der Waals surface area (Å²) in [6.45, 7) is 0.480. The molecule has 0 aliphatic heterocycles. The normalized spacial score (nSPS) is 11.9. The molecule has 5 nitrogen and oxygen atoms in total. The molecule has 0 saturated carbocycles. The number of hydrogen-bond acceptors (Lipinski definition) is 4. The lowest BCUT2D eigenvalue weighted by atomic mass is 10.1. The maximum atomic E-state index is 11.9. The van der Waals surface area contributed by atoms with Gasteiger partial charge in [0.1, 0.15) is 12.4 Å². The lowest BCUT2D eigenvalue weighted by molar-refractivity contribution is -0.129. The Morgan fingerprint density at radius 3 is 2.39 bits per heavy atom. The van der Waals surface area contributed by atoms with E-state index in [1.54, 1.807) is 24.3 Å². The van der Waals surface area contributed by atoms with Gasteiger partial charge in [-0.2, -0.15) is 5.10 Å². The van der Waals surface area contributed by atoms with Gasteiger partial charge in [-0.3, -0.25) is 4.79 Å². The van der Waals surface area contributed by atoms with Crippen molar-refractivity contribution < 1.29 is 14.6 Å². The SMILES string of the molecule is O=C(N/N=C\c1ccc(OCc2ccc(Br)cc2)cc1)[C@@H](O)c1ccccc1. The molecule has 0 saturated heterocycles. The summed E-state index contributed by atoms with van der Waals surface area (Å²) < 4.78 is 6.78. The van der Waals surface area contributed by atoms with Gasteiger partial charge in [0.25, 0.3) is 5.91 Å². The first kappa shape index (κ1) is 19.8. The fourth-order valence-electron chi connectivity index (χ4n) is 2.42. The number of carbonyl (C=O) groups is 1. The van der Waals surface area contributed by atoms with Gasteiger partial charge in [-0.15, -0.1) is 0 Å². The summed E-state index contributed by atoms with van der Waals surface area (Å²) in [5, 5.41) is 13.9. The molecule has 0 aliphatic carbocycles. The lowest BCUT2D eigenvalue weighted by Crippen LogP contribution is -2.25. The highest BCUT2D eigenvalue weighted by Gasteiger charge is 2.15. The van der Waals surface area contributed by atoms with Crippen molar-refractivity contribution in [1.29, 1.82) is 0 Å². The Morgan fingerprint density at radius 2 is 1.71 bits per heavy atom. The van der Waals surface area contributed by atoms with Crippen LogP contribution in [0.4, 0.5) is 0 Å². The molecule has 1 amide bonds. The van der Waals surface area contributed by atoms with Gasteiger partial charge in [-0.05, 0) is 53.1 Å². The zero-order valence-corrected chi connectivity index (χ0v) is 16.5. The van der Waals surface area contributed by atoms with Gasteiger partial charge in [-0.1, -0.05) is 58.4 Å².